The molecule has 4 aromatic rings. The standard InChI is InChI=1S/C24H23F3N4O3S/c1-2-3-8-21-29-20-13-14-28-23(32)22(20)31(21)15-16-9-11-17(12-10-16)18-6-4-5-7-19(18)30-35(33,34)24(25,26)27/h4-7,9-14,30H,2-3,8,15H2,1H3,(H,28,32). The molecule has 4 rings (SSSR count). The average molecular weight is 505 g/mol. The van der Waals surface area contributed by atoms with Gasteiger partial charge in [-0.15, -0.1) is 0 Å². The van der Waals surface area contributed by atoms with Gasteiger partial charge in [-0.2, -0.15) is 21.6 Å². The first-order valence-corrected chi connectivity index (χ1v) is 12.4. The maximum absolute atomic E-state index is 12.9. The van der Waals surface area contributed by atoms with Crippen molar-refractivity contribution >= 4 is 26.7 Å². The lowest BCUT2D eigenvalue weighted by atomic mass is 10.0. The minimum Gasteiger partial charge on any atom is -0.327 e. The van der Waals surface area contributed by atoms with Crippen LogP contribution in [-0.2, 0) is 23.0 Å². The average Bonchev–Trinajstić information content (AvgIpc) is 3.16. The maximum atomic E-state index is 12.9. The molecular weight excluding hydrogens is 481 g/mol. The van der Waals surface area contributed by atoms with Gasteiger partial charge in [0.05, 0.1) is 11.2 Å². The molecule has 2 aromatic heterocycles. The van der Waals surface area contributed by atoms with E-state index in [4.69, 9.17) is 0 Å². The van der Waals surface area contributed by atoms with E-state index in [0.29, 0.717) is 28.7 Å². The lowest BCUT2D eigenvalue weighted by molar-refractivity contribution is -0.0429. The molecule has 2 heterocycles. The number of unbranched alkanes of at least 4 members (excludes halogenated alkanes) is 1. The fraction of sp³-hybridized carbons (Fsp3) is 0.250. The summed E-state index contributed by atoms with van der Waals surface area (Å²) in [6.45, 7) is 2.45. The van der Waals surface area contributed by atoms with Gasteiger partial charge in [0.15, 0.2) is 0 Å². The number of para-hydroxylation sites is 1. The minimum absolute atomic E-state index is 0.174. The number of halogens is 3. The highest BCUT2D eigenvalue weighted by molar-refractivity contribution is 7.93. The zero-order chi connectivity index (χ0) is 25.2. The van der Waals surface area contributed by atoms with Crippen LogP contribution in [0.2, 0.25) is 0 Å². The molecule has 7 nitrogen and oxygen atoms in total. The van der Waals surface area contributed by atoms with Gasteiger partial charge >= 0.3 is 15.5 Å². The molecular formula is C24H23F3N4O3S. The van der Waals surface area contributed by atoms with E-state index in [-0.39, 0.29) is 11.2 Å². The highest BCUT2D eigenvalue weighted by atomic mass is 32.2. The molecule has 0 radical (unpaired) electrons. The third-order valence-corrected chi connectivity index (χ3v) is 6.68. The van der Waals surface area contributed by atoms with Crippen molar-refractivity contribution in [2.45, 2.75) is 38.2 Å². The lowest BCUT2D eigenvalue weighted by Gasteiger charge is -2.15. The van der Waals surface area contributed by atoms with Gasteiger partial charge in [0.25, 0.3) is 5.56 Å². The molecule has 0 aliphatic carbocycles. The van der Waals surface area contributed by atoms with Gasteiger partial charge in [-0.3, -0.25) is 9.52 Å². The number of alkyl halides is 3. The van der Waals surface area contributed by atoms with E-state index >= 15 is 0 Å². The molecule has 11 heteroatoms. The Morgan fingerprint density at radius 2 is 1.77 bits per heavy atom. The summed E-state index contributed by atoms with van der Waals surface area (Å²) in [6, 6.07) is 14.6. The van der Waals surface area contributed by atoms with Crippen molar-refractivity contribution in [2.75, 3.05) is 4.72 Å². The molecule has 0 spiro atoms. The van der Waals surface area contributed by atoms with Crippen molar-refractivity contribution in [3.63, 3.8) is 0 Å². The second-order valence-corrected chi connectivity index (χ2v) is 9.73. The first-order chi connectivity index (χ1) is 16.6. The Morgan fingerprint density at radius 3 is 2.46 bits per heavy atom. The number of aromatic nitrogens is 3. The Morgan fingerprint density at radius 1 is 1.06 bits per heavy atom. The van der Waals surface area contributed by atoms with Crippen molar-refractivity contribution in [1.29, 1.82) is 0 Å². The van der Waals surface area contributed by atoms with Gasteiger partial charge in [-0.05, 0) is 29.7 Å². The summed E-state index contributed by atoms with van der Waals surface area (Å²) >= 11 is 0. The van der Waals surface area contributed by atoms with Crippen molar-refractivity contribution < 1.29 is 21.6 Å². The number of nitrogens with zero attached hydrogens (tertiary/aromatic N) is 2. The molecule has 2 aromatic carbocycles. The predicted octanol–water partition coefficient (Wildman–Crippen LogP) is 5.04. The predicted molar refractivity (Wildman–Crippen MR) is 129 cm³/mol. The fourth-order valence-electron chi connectivity index (χ4n) is 3.83. The summed E-state index contributed by atoms with van der Waals surface area (Å²) < 4.78 is 65.3. The smallest absolute Gasteiger partial charge is 0.327 e. The second kappa shape index (κ2) is 9.57. The highest BCUT2D eigenvalue weighted by Crippen LogP contribution is 2.32. The molecule has 35 heavy (non-hydrogen) atoms. The third kappa shape index (κ3) is 5.09. The summed E-state index contributed by atoms with van der Waals surface area (Å²) in [5, 5.41) is 0. The Bertz CT molecular complexity index is 1510. The number of rotatable bonds is 8. The van der Waals surface area contributed by atoms with E-state index in [1.807, 2.05) is 4.57 Å². The van der Waals surface area contributed by atoms with Crippen LogP contribution in [0.3, 0.4) is 0 Å². The molecule has 0 aliphatic heterocycles. The van der Waals surface area contributed by atoms with Crippen LogP contribution >= 0.6 is 0 Å². The largest absolute Gasteiger partial charge is 0.516 e. The number of pyridine rings is 1. The topological polar surface area (TPSA) is 96.8 Å². The summed E-state index contributed by atoms with van der Waals surface area (Å²) in [6.07, 6.45) is 4.18. The van der Waals surface area contributed by atoms with E-state index in [9.17, 15) is 26.4 Å². The van der Waals surface area contributed by atoms with Crippen LogP contribution in [0.25, 0.3) is 22.2 Å². The summed E-state index contributed by atoms with van der Waals surface area (Å²) in [4.78, 5) is 19.8. The van der Waals surface area contributed by atoms with Gasteiger partial charge in [0.2, 0.25) is 0 Å². The zero-order valence-corrected chi connectivity index (χ0v) is 19.6. The van der Waals surface area contributed by atoms with E-state index in [2.05, 4.69) is 16.9 Å². The van der Waals surface area contributed by atoms with Gasteiger partial charge in [0.1, 0.15) is 11.3 Å². The maximum Gasteiger partial charge on any atom is 0.516 e. The number of H-pyrrole nitrogens is 1. The van der Waals surface area contributed by atoms with E-state index in [1.165, 1.54) is 18.2 Å². The second-order valence-electron chi connectivity index (χ2n) is 8.05. The summed E-state index contributed by atoms with van der Waals surface area (Å²) in [5.74, 6) is 0.800. The van der Waals surface area contributed by atoms with E-state index < -0.39 is 15.5 Å². The summed E-state index contributed by atoms with van der Waals surface area (Å²) in [7, 11) is -5.55. The number of fused-ring (bicyclic) bond motifs is 1. The van der Waals surface area contributed by atoms with Crippen LogP contribution in [0.15, 0.2) is 65.6 Å². The Balaban J connectivity index is 1.66. The Kier molecular flexibility index (Phi) is 6.70. The van der Waals surface area contributed by atoms with Crippen molar-refractivity contribution in [3.8, 4) is 11.1 Å². The number of hydrogen-bond acceptors (Lipinski definition) is 4. The van der Waals surface area contributed by atoms with Gasteiger partial charge in [-0.1, -0.05) is 55.8 Å². The van der Waals surface area contributed by atoms with E-state index in [1.54, 1.807) is 47.3 Å². The zero-order valence-electron chi connectivity index (χ0n) is 18.8. The number of nitrogens with one attached hydrogen (secondary N) is 2. The number of hydrogen-bond donors (Lipinski definition) is 2. The van der Waals surface area contributed by atoms with Crippen LogP contribution in [0.1, 0.15) is 31.2 Å². The molecule has 2 N–H and O–H groups in total. The fourth-order valence-corrected chi connectivity index (χ4v) is 4.42. The van der Waals surface area contributed by atoms with Gasteiger partial charge in [-0.25, -0.2) is 4.98 Å². The van der Waals surface area contributed by atoms with Crippen LogP contribution in [0.5, 0.6) is 0 Å². The first-order valence-electron chi connectivity index (χ1n) is 10.9. The number of sulfonamides is 1. The van der Waals surface area contributed by atoms with Crippen LogP contribution in [-0.4, -0.2) is 28.5 Å². The Hall–Kier alpha value is -3.60. The molecule has 0 bridgehead atoms. The third-order valence-electron chi connectivity index (χ3n) is 5.58. The van der Waals surface area contributed by atoms with Gasteiger partial charge < -0.3 is 9.55 Å². The Labute approximate surface area is 199 Å². The molecule has 0 aliphatic rings. The molecule has 0 saturated heterocycles. The van der Waals surface area contributed by atoms with E-state index in [0.717, 1.165) is 30.7 Å². The molecule has 0 fully saturated rings. The first kappa shape index (κ1) is 24.5. The van der Waals surface area contributed by atoms with Gasteiger partial charge in [0, 0.05) is 24.7 Å². The molecule has 0 amide bonds. The van der Waals surface area contributed by atoms with Crippen molar-refractivity contribution in [1.82, 2.24) is 14.5 Å². The van der Waals surface area contributed by atoms with Crippen molar-refractivity contribution in [3.05, 3.63) is 82.5 Å². The molecule has 0 unspecified atom stereocenters. The molecule has 0 saturated carbocycles. The van der Waals surface area contributed by atoms with Crippen molar-refractivity contribution in [2.24, 2.45) is 0 Å². The number of aromatic amines is 1. The monoisotopic (exact) mass is 504 g/mol. The van der Waals surface area contributed by atoms with Crippen LogP contribution in [0.4, 0.5) is 18.9 Å². The normalized spacial score (nSPS) is 12.2. The SMILES string of the molecule is CCCCc1nc2cc[nH]c(=O)c2n1Cc1ccc(-c2ccccc2NS(=O)(=O)C(F)(F)F)cc1. The lowest BCUT2D eigenvalue weighted by Crippen LogP contribution is -2.30. The number of aryl methyl sites for hydroxylation is 1. The summed E-state index contributed by atoms with van der Waals surface area (Å²) in [5.41, 5.74) is -3.05. The number of benzene rings is 2. The highest BCUT2D eigenvalue weighted by Gasteiger charge is 2.46. The molecule has 184 valence electrons. The molecule has 0 atom stereocenters. The number of anilines is 1. The van der Waals surface area contributed by atoms with Crippen LogP contribution in [0, 0.1) is 0 Å². The number of imidazole rings is 1. The minimum atomic E-state index is -5.55. The quantitative estimate of drug-likeness (QED) is 0.351. The van der Waals surface area contributed by atoms with Crippen LogP contribution < -0.4 is 10.3 Å².